The Morgan fingerprint density at radius 2 is 2.56 bits per heavy atom. The molecule has 0 aliphatic carbocycles. The monoisotopic (exact) mass is 146 g/mol. The quantitative estimate of drug-likeness (QED) is 0.577. The van der Waals surface area contributed by atoms with Gasteiger partial charge in [0.15, 0.2) is 0 Å². The zero-order valence-electron chi connectivity index (χ0n) is 5.60. The molecule has 1 aliphatic rings. The van der Waals surface area contributed by atoms with Crippen molar-refractivity contribution in [3.63, 3.8) is 0 Å². The third kappa shape index (κ3) is 2.56. The summed E-state index contributed by atoms with van der Waals surface area (Å²) < 4.78 is 0. The molecular weight excluding hydrogens is 132 g/mol. The van der Waals surface area contributed by atoms with Crippen molar-refractivity contribution in [2.45, 2.75) is 12.5 Å². The molecule has 9 heavy (non-hydrogen) atoms. The second kappa shape index (κ2) is 4.14. The average molecular weight is 146 g/mol. The van der Waals surface area contributed by atoms with E-state index in [9.17, 15) is 0 Å². The van der Waals surface area contributed by atoms with E-state index in [0.29, 0.717) is 6.04 Å². The lowest BCUT2D eigenvalue weighted by atomic mass is 10.2. The summed E-state index contributed by atoms with van der Waals surface area (Å²) in [5.41, 5.74) is 5.41. The topological polar surface area (TPSA) is 38.0 Å². The molecule has 3 heteroatoms. The minimum absolute atomic E-state index is 0.689. The van der Waals surface area contributed by atoms with E-state index in [1.165, 1.54) is 11.5 Å². The van der Waals surface area contributed by atoms with Crippen LogP contribution in [0.1, 0.15) is 6.42 Å². The molecule has 1 heterocycles. The van der Waals surface area contributed by atoms with Crippen molar-refractivity contribution in [3.8, 4) is 0 Å². The first-order valence-corrected chi connectivity index (χ1v) is 4.60. The van der Waals surface area contributed by atoms with Gasteiger partial charge in [0, 0.05) is 24.1 Å². The summed E-state index contributed by atoms with van der Waals surface area (Å²) >= 11 is 2.02. The van der Waals surface area contributed by atoms with E-state index in [-0.39, 0.29) is 0 Å². The van der Waals surface area contributed by atoms with E-state index in [2.05, 4.69) is 5.32 Å². The summed E-state index contributed by atoms with van der Waals surface area (Å²) in [4.78, 5) is 0. The van der Waals surface area contributed by atoms with Crippen molar-refractivity contribution in [1.29, 1.82) is 0 Å². The number of nitrogens with two attached hydrogens (primary N) is 1. The Morgan fingerprint density at radius 1 is 1.67 bits per heavy atom. The lowest BCUT2D eigenvalue weighted by Crippen LogP contribution is -2.38. The third-order valence-corrected chi connectivity index (χ3v) is 2.64. The maximum atomic E-state index is 5.41. The highest BCUT2D eigenvalue weighted by Crippen LogP contribution is 2.08. The Bertz CT molecular complexity index is 68.7. The van der Waals surface area contributed by atoms with Crippen LogP contribution in [0, 0.1) is 0 Å². The number of hydrogen-bond acceptors (Lipinski definition) is 3. The van der Waals surface area contributed by atoms with Crippen molar-refractivity contribution in [1.82, 2.24) is 5.32 Å². The first kappa shape index (κ1) is 7.38. The molecule has 54 valence electrons. The SMILES string of the molecule is NCCC1CSCCN1. The molecule has 0 aromatic carbocycles. The van der Waals surface area contributed by atoms with Gasteiger partial charge in [0.1, 0.15) is 0 Å². The smallest absolute Gasteiger partial charge is 0.0170 e. The largest absolute Gasteiger partial charge is 0.330 e. The van der Waals surface area contributed by atoms with Crippen molar-refractivity contribution < 1.29 is 0 Å². The Balaban J connectivity index is 2.08. The molecule has 0 aromatic rings. The zero-order valence-corrected chi connectivity index (χ0v) is 6.41. The molecule has 1 unspecified atom stereocenters. The minimum Gasteiger partial charge on any atom is -0.330 e. The molecule has 0 amide bonds. The normalized spacial score (nSPS) is 28.3. The predicted octanol–water partition coefficient (Wildman–Crippen LogP) is 0.0402. The summed E-state index contributed by atoms with van der Waals surface area (Å²) in [6.07, 6.45) is 1.13. The van der Waals surface area contributed by atoms with Crippen LogP contribution in [0.15, 0.2) is 0 Å². The Morgan fingerprint density at radius 3 is 3.11 bits per heavy atom. The molecule has 0 saturated carbocycles. The molecular formula is C6H14N2S. The summed E-state index contributed by atoms with van der Waals surface area (Å²) in [5.74, 6) is 2.51. The zero-order chi connectivity index (χ0) is 6.53. The number of nitrogens with one attached hydrogen (secondary N) is 1. The van der Waals surface area contributed by atoms with Gasteiger partial charge in [-0.1, -0.05) is 0 Å². The Hall–Kier alpha value is 0.270. The first-order valence-electron chi connectivity index (χ1n) is 3.44. The standard InChI is InChI=1S/C6H14N2S/c7-2-1-6-5-9-4-3-8-6/h6,8H,1-5,7H2. The molecule has 1 saturated heterocycles. The molecule has 0 radical (unpaired) electrons. The van der Waals surface area contributed by atoms with Crippen LogP contribution in [0.4, 0.5) is 0 Å². The van der Waals surface area contributed by atoms with Gasteiger partial charge < -0.3 is 11.1 Å². The van der Waals surface area contributed by atoms with Crippen molar-refractivity contribution in [2.75, 3.05) is 24.6 Å². The lowest BCUT2D eigenvalue weighted by Gasteiger charge is -2.22. The van der Waals surface area contributed by atoms with Gasteiger partial charge in [-0.05, 0) is 13.0 Å². The van der Waals surface area contributed by atoms with Crippen LogP contribution in [-0.4, -0.2) is 30.6 Å². The maximum Gasteiger partial charge on any atom is 0.0170 e. The van der Waals surface area contributed by atoms with Gasteiger partial charge in [-0.25, -0.2) is 0 Å². The fourth-order valence-corrected chi connectivity index (χ4v) is 2.00. The summed E-state index contributed by atoms with van der Waals surface area (Å²) in [6, 6.07) is 0.689. The predicted molar refractivity (Wildman–Crippen MR) is 42.8 cm³/mol. The van der Waals surface area contributed by atoms with E-state index < -0.39 is 0 Å². The van der Waals surface area contributed by atoms with E-state index in [4.69, 9.17) is 5.73 Å². The van der Waals surface area contributed by atoms with Crippen LogP contribution in [0.2, 0.25) is 0 Å². The molecule has 0 aromatic heterocycles. The highest BCUT2D eigenvalue weighted by molar-refractivity contribution is 7.99. The van der Waals surface area contributed by atoms with Crippen LogP contribution in [0.25, 0.3) is 0 Å². The van der Waals surface area contributed by atoms with Gasteiger partial charge in [-0.2, -0.15) is 11.8 Å². The van der Waals surface area contributed by atoms with Crippen LogP contribution in [-0.2, 0) is 0 Å². The minimum atomic E-state index is 0.689. The highest BCUT2D eigenvalue weighted by atomic mass is 32.2. The Kier molecular flexibility index (Phi) is 3.40. The van der Waals surface area contributed by atoms with Gasteiger partial charge in [-0.3, -0.25) is 0 Å². The highest BCUT2D eigenvalue weighted by Gasteiger charge is 2.10. The van der Waals surface area contributed by atoms with Gasteiger partial charge in [0.25, 0.3) is 0 Å². The molecule has 1 rings (SSSR count). The van der Waals surface area contributed by atoms with Gasteiger partial charge in [0.05, 0.1) is 0 Å². The van der Waals surface area contributed by atoms with Crippen molar-refractivity contribution in [2.24, 2.45) is 5.73 Å². The van der Waals surface area contributed by atoms with Crippen molar-refractivity contribution in [3.05, 3.63) is 0 Å². The Labute approximate surface area is 60.6 Å². The fourth-order valence-electron chi connectivity index (χ4n) is 1.01. The van der Waals surface area contributed by atoms with Gasteiger partial charge in [0.2, 0.25) is 0 Å². The summed E-state index contributed by atoms with van der Waals surface area (Å²) in [7, 11) is 0. The maximum absolute atomic E-state index is 5.41. The fraction of sp³-hybridized carbons (Fsp3) is 1.00. The molecule has 1 aliphatic heterocycles. The van der Waals surface area contributed by atoms with E-state index >= 15 is 0 Å². The molecule has 3 N–H and O–H groups in total. The summed E-state index contributed by atoms with van der Waals surface area (Å²) in [5, 5.41) is 3.42. The lowest BCUT2D eigenvalue weighted by molar-refractivity contribution is 0.535. The summed E-state index contributed by atoms with van der Waals surface area (Å²) in [6.45, 7) is 1.98. The first-order chi connectivity index (χ1) is 4.43. The van der Waals surface area contributed by atoms with E-state index in [0.717, 1.165) is 19.5 Å². The number of rotatable bonds is 2. The van der Waals surface area contributed by atoms with Crippen LogP contribution < -0.4 is 11.1 Å². The number of hydrogen-bond donors (Lipinski definition) is 2. The second-order valence-corrected chi connectivity index (χ2v) is 3.45. The molecule has 0 spiro atoms. The molecule has 1 fully saturated rings. The van der Waals surface area contributed by atoms with E-state index in [1.54, 1.807) is 0 Å². The van der Waals surface area contributed by atoms with Gasteiger partial charge >= 0.3 is 0 Å². The van der Waals surface area contributed by atoms with Crippen molar-refractivity contribution >= 4 is 11.8 Å². The molecule has 2 nitrogen and oxygen atoms in total. The third-order valence-electron chi connectivity index (χ3n) is 1.51. The van der Waals surface area contributed by atoms with Crippen LogP contribution in [0.3, 0.4) is 0 Å². The molecule has 1 atom stereocenters. The molecule has 0 bridgehead atoms. The van der Waals surface area contributed by atoms with Gasteiger partial charge in [-0.15, -0.1) is 0 Å². The van der Waals surface area contributed by atoms with Crippen LogP contribution >= 0.6 is 11.8 Å². The van der Waals surface area contributed by atoms with Crippen LogP contribution in [0.5, 0.6) is 0 Å². The van der Waals surface area contributed by atoms with E-state index in [1.807, 2.05) is 11.8 Å². The average Bonchev–Trinajstić information content (AvgIpc) is 1.91. The second-order valence-electron chi connectivity index (χ2n) is 2.30. The number of thioether (sulfide) groups is 1.